The van der Waals surface area contributed by atoms with Crippen molar-refractivity contribution in [3.63, 3.8) is 0 Å². The first-order valence-corrected chi connectivity index (χ1v) is 22.8. The van der Waals surface area contributed by atoms with Crippen molar-refractivity contribution in [2.24, 2.45) is 5.92 Å². The number of hydrogen-bond donors (Lipinski definition) is 1. The lowest BCUT2D eigenvalue weighted by Crippen LogP contribution is -2.52. The smallest absolute Gasteiger partial charge is 0.264 e. The molecule has 0 aliphatic carbocycles. The average molecular weight is 766 g/mol. The van der Waals surface area contributed by atoms with Gasteiger partial charge in [-0.3, -0.25) is 19.3 Å². The van der Waals surface area contributed by atoms with Gasteiger partial charge in [-0.05, 0) is 71.8 Å². The fourth-order valence-electron chi connectivity index (χ4n) is 10.4. The number of benzene rings is 5. The van der Waals surface area contributed by atoms with Crippen LogP contribution in [0.5, 0.6) is 5.75 Å². The van der Waals surface area contributed by atoms with E-state index >= 15 is 4.79 Å². The highest BCUT2D eigenvalue weighted by Crippen LogP contribution is 2.60. The zero-order valence-corrected chi connectivity index (χ0v) is 33.3. The van der Waals surface area contributed by atoms with Gasteiger partial charge in [0.1, 0.15) is 5.75 Å². The normalized spacial score (nSPS) is 24.2. The number of anilines is 3. The first-order valence-electron chi connectivity index (χ1n) is 19.7. The number of para-hydroxylation sites is 1. The second-order valence-electron chi connectivity index (χ2n) is 16.3. The van der Waals surface area contributed by atoms with Crippen molar-refractivity contribution >= 4 is 58.8 Å². The monoisotopic (exact) mass is 765 g/mol. The maximum absolute atomic E-state index is 15.2. The van der Waals surface area contributed by atoms with Crippen LogP contribution >= 0.6 is 0 Å². The summed E-state index contributed by atoms with van der Waals surface area (Å²) in [5.74, 6) is 0.318. The van der Waals surface area contributed by atoms with E-state index in [1.54, 1.807) is 12.0 Å². The van der Waals surface area contributed by atoms with E-state index in [1.165, 1.54) is 5.19 Å². The van der Waals surface area contributed by atoms with E-state index in [9.17, 15) is 14.7 Å². The van der Waals surface area contributed by atoms with Crippen LogP contribution in [0.3, 0.4) is 0 Å². The second-order valence-corrected chi connectivity index (χ2v) is 21.0. The molecule has 1 N–H and O–H groups in total. The van der Waals surface area contributed by atoms with Crippen LogP contribution in [0.25, 0.3) is 10.8 Å². The Morgan fingerprint density at radius 3 is 2.36 bits per heavy atom. The first kappa shape index (κ1) is 36.4. The van der Waals surface area contributed by atoms with E-state index in [-0.39, 0.29) is 48.3 Å². The summed E-state index contributed by atoms with van der Waals surface area (Å²) in [6, 6.07) is 35.6. The fourth-order valence-corrected chi connectivity index (χ4v) is 14.4. The molecule has 2 saturated heterocycles. The molecule has 10 heteroatoms. The highest BCUT2D eigenvalue weighted by molar-refractivity contribution is 6.91. The average Bonchev–Trinajstić information content (AvgIpc) is 3.95. The Morgan fingerprint density at radius 2 is 1.62 bits per heavy atom. The molecule has 3 amide bonds. The van der Waals surface area contributed by atoms with E-state index in [1.807, 2.05) is 107 Å². The molecule has 5 aromatic carbocycles. The number of aliphatic hydroxyl groups excluding tert-OH is 1. The Labute approximate surface area is 328 Å². The van der Waals surface area contributed by atoms with E-state index in [4.69, 9.17) is 9.47 Å². The number of methoxy groups -OCH3 is 1. The summed E-state index contributed by atoms with van der Waals surface area (Å²) in [4.78, 5) is 48.4. The van der Waals surface area contributed by atoms with Gasteiger partial charge in [-0.15, -0.1) is 0 Å². The number of amides is 3. The summed E-state index contributed by atoms with van der Waals surface area (Å²) in [7, 11) is -0.792. The third-order valence-corrected chi connectivity index (χ3v) is 17.5. The largest absolute Gasteiger partial charge is 0.497 e. The molecule has 5 atom stereocenters. The molecule has 9 nitrogen and oxygen atoms in total. The van der Waals surface area contributed by atoms with Crippen molar-refractivity contribution in [3.8, 4) is 5.75 Å². The lowest BCUT2D eigenvalue weighted by atomic mass is 9.82. The highest BCUT2D eigenvalue weighted by atomic mass is 28.3. The number of fused-ring (bicyclic) bond motifs is 2. The van der Waals surface area contributed by atoms with Crippen LogP contribution in [0, 0.1) is 5.92 Å². The van der Waals surface area contributed by atoms with E-state index < -0.39 is 19.8 Å². The summed E-state index contributed by atoms with van der Waals surface area (Å²) >= 11 is 0. The van der Waals surface area contributed by atoms with Crippen LogP contribution in [0.2, 0.25) is 18.6 Å². The Balaban J connectivity index is 1.05. The predicted octanol–water partition coefficient (Wildman–Crippen LogP) is 7.28. The minimum Gasteiger partial charge on any atom is -0.497 e. The van der Waals surface area contributed by atoms with Crippen LogP contribution in [0.15, 0.2) is 109 Å². The Kier molecular flexibility index (Phi) is 8.91. The number of carbonyl (C=O) groups is 3. The predicted molar refractivity (Wildman–Crippen MR) is 221 cm³/mol. The van der Waals surface area contributed by atoms with Gasteiger partial charge in [-0.25, -0.2) is 0 Å². The standard InChI is InChI=1S/C46H47N3O6Si/c1-29-43(56(3,4)35-23-21-34(54-2)22-24-35)40(26-41(51)47-25-9-12-33(47)28-50)55-46(29)37-14-5-6-15-38(37)48(45(46)53)27-30-17-19-32(20-18-30)49-39-16-8-11-31-10-7-13-36(42(31)39)44(49)52/h5-8,10-11,13-24,29,33,40,43,50H,9,12,25-28H2,1-4H3/t29-,33+,40+,43-,46+/m1/s1. The zero-order chi connectivity index (χ0) is 38.9. The highest BCUT2D eigenvalue weighted by Gasteiger charge is 2.66. The van der Waals surface area contributed by atoms with E-state index in [0.29, 0.717) is 18.7 Å². The van der Waals surface area contributed by atoms with Crippen molar-refractivity contribution in [1.82, 2.24) is 4.90 Å². The van der Waals surface area contributed by atoms with Crippen molar-refractivity contribution in [1.29, 1.82) is 0 Å². The number of rotatable bonds is 9. The Hall–Kier alpha value is -5.29. The van der Waals surface area contributed by atoms with Gasteiger partial charge in [0.2, 0.25) is 5.91 Å². The first-order chi connectivity index (χ1) is 27.1. The molecule has 2 fully saturated rings. The van der Waals surface area contributed by atoms with Gasteiger partial charge in [-0.2, -0.15) is 0 Å². The maximum Gasteiger partial charge on any atom is 0.264 e. The number of likely N-dealkylation sites (tertiary alicyclic amines) is 1. The van der Waals surface area contributed by atoms with Gasteiger partial charge >= 0.3 is 0 Å². The molecule has 5 aromatic rings. The van der Waals surface area contributed by atoms with Crippen molar-refractivity contribution in [2.45, 2.75) is 69.1 Å². The van der Waals surface area contributed by atoms with Gasteiger partial charge < -0.3 is 24.4 Å². The van der Waals surface area contributed by atoms with Gasteiger partial charge in [0, 0.05) is 29.1 Å². The third kappa shape index (κ3) is 5.44. The minimum atomic E-state index is -2.45. The fraction of sp³-hybridized carbons (Fsp3) is 0.326. The Bertz CT molecular complexity index is 2360. The molecule has 1 spiro atoms. The molecule has 0 radical (unpaired) electrons. The van der Waals surface area contributed by atoms with Gasteiger partial charge in [0.15, 0.2) is 5.60 Å². The lowest BCUT2D eigenvalue weighted by Gasteiger charge is -2.37. The summed E-state index contributed by atoms with van der Waals surface area (Å²) in [5, 5.41) is 13.3. The number of ether oxygens (including phenoxy) is 2. The molecule has 0 bridgehead atoms. The molecule has 0 unspecified atom stereocenters. The van der Waals surface area contributed by atoms with Crippen molar-refractivity contribution < 1.29 is 29.0 Å². The van der Waals surface area contributed by atoms with Crippen LogP contribution in [0.4, 0.5) is 17.1 Å². The summed E-state index contributed by atoms with van der Waals surface area (Å²) in [6.07, 6.45) is 1.27. The lowest BCUT2D eigenvalue weighted by molar-refractivity contribution is -0.150. The topological polar surface area (TPSA) is 99.6 Å². The van der Waals surface area contributed by atoms with E-state index in [2.05, 4.69) is 32.2 Å². The molecule has 4 heterocycles. The maximum atomic E-state index is 15.2. The number of aliphatic hydroxyl groups is 1. The van der Waals surface area contributed by atoms with E-state index in [0.717, 1.165) is 57.6 Å². The molecular formula is C46H47N3O6Si. The minimum absolute atomic E-state index is 0.0353. The van der Waals surface area contributed by atoms with Crippen molar-refractivity contribution in [2.75, 3.05) is 30.1 Å². The molecule has 286 valence electrons. The van der Waals surface area contributed by atoms with Crippen LogP contribution in [-0.2, 0) is 26.5 Å². The molecule has 56 heavy (non-hydrogen) atoms. The molecule has 4 aliphatic heterocycles. The summed E-state index contributed by atoms with van der Waals surface area (Å²) < 4.78 is 12.7. The molecule has 0 saturated carbocycles. The van der Waals surface area contributed by atoms with Gasteiger partial charge in [-0.1, -0.05) is 91.9 Å². The quantitative estimate of drug-likeness (QED) is 0.159. The van der Waals surface area contributed by atoms with Crippen molar-refractivity contribution in [3.05, 3.63) is 126 Å². The van der Waals surface area contributed by atoms with Crippen LogP contribution in [0.1, 0.15) is 47.7 Å². The number of nitrogens with zero attached hydrogens (tertiary/aromatic N) is 3. The second kappa shape index (κ2) is 13.7. The van der Waals surface area contributed by atoms with Gasteiger partial charge in [0.05, 0.1) is 63.8 Å². The SMILES string of the molecule is COc1ccc([Si](C)(C)[C@H]2[C@H](CC(=O)N3CCC[C@H]3CO)O[C@@]3(C(=O)N(Cc4ccc(N5C(=O)c6cccc7cccc5c67)cc4)c4ccccc43)[C@@H]2C)cc1. The van der Waals surface area contributed by atoms with Crippen LogP contribution < -0.4 is 19.7 Å². The summed E-state index contributed by atoms with van der Waals surface area (Å²) in [6.45, 7) is 7.64. The summed E-state index contributed by atoms with van der Waals surface area (Å²) in [5.41, 5.74) is 3.52. The molecule has 9 rings (SSSR count). The molecular weight excluding hydrogens is 719 g/mol. The molecule has 0 aromatic heterocycles. The van der Waals surface area contributed by atoms with Crippen LogP contribution in [-0.4, -0.2) is 68.2 Å². The number of carbonyl (C=O) groups excluding carboxylic acids is 3. The molecule has 4 aliphatic rings. The Morgan fingerprint density at radius 1 is 0.911 bits per heavy atom. The third-order valence-electron chi connectivity index (χ3n) is 13.1. The number of hydrogen-bond acceptors (Lipinski definition) is 6. The van der Waals surface area contributed by atoms with Gasteiger partial charge in [0.25, 0.3) is 11.8 Å². The zero-order valence-electron chi connectivity index (χ0n) is 32.3.